The molecule has 0 saturated carbocycles. The first kappa shape index (κ1) is 21.7. The van der Waals surface area contributed by atoms with E-state index < -0.39 is 0 Å². The van der Waals surface area contributed by atoms with E-state index in [4.69, 9.17) is 4.42 Å². The molecule has 34 heavy (non-hydrogen) atoms. The average molecular weight is 458 g/mol. The maximum atomic E-state index is 13.8. The van der Waals surface area contributed by atoms with Crippen molar-refractivity contribution in [1.29, 1.82) is 0 Å². The van der Waals surface area contributed by atoms with Gasteiger partial charge in [-0.3, -0.25) is 4.98 Å². The quantitative estimate of drug-likeness (QED) is 0.271. The molecular weight excluding hydrogens is 433 g/mol. The van der Waals surface area contributed by atoms with Crippen LogP contribution in [0.5, 0.6) is 0 Å². The zero-order valence-corrected chi connectivity index (χ0v) is 18.5. The smallest absolute Gasteiger partial charge is 0.196 e. The molecule has 1 aromatic carbocycles. The molecule has 0 aliphatic carbocycles. The lowest BCUT2D eigenvalue weighted by atomic mass is 10.2. The van der Waals surface area contributed by atoms with Gasteiger partial charge >= 0.3 is 0 Å². The highest BCUT2D eigenvalue weighted by molar-refractivity contribution is 5.83. The van der Waals surface area contributed by atoms with Gasteiger partial charge in [-0.15, -0.1) is 0 Å². The van der Waals surface area contributed by atoms with E-state index in [-0.39, 0.29) is 12.4 Å². The number of oxazole rings is 1. The van der Waals surface area contributed by atoms with E-state index in [1.807, 2.05) is 24.4 Å². The van der Waals surface area contributed by atoms with Crippen molar-refractivity contribution >= 4 is 16.9 Å². The molecule has 0 radical (unpaired) electrons. The third-order valence-electron chi connectivity index (χ3n) is 5.38. The van der Waals surface area contributed by atoms with Gasteiger partial charge in [-0.25, -0.2) is 19.3 Å². The van der Waals surface area contributed by atoms with Crippen molar-refractivity contribution in [3.8, 4) is 11.3 Å². The lowest BCUT2D eigenvalue weighted by Gasteiger charge is -2.05. The van der Waals surface area contributed by atoms with Crippen molar-refractivity contribution in [1.82, 2.24) is 30.2 Å². The largest absolute Gasteiger partial charge is 0.440 e. The fourth-order valence-electron chi connectivity index (χ4n) is 3.63. The highest BCUT2D eigenvalue weighted by atomic mass is 19.1. The highest BCUT2D eigenvalue weighted by Gasteiger charge is 2.12. The van der Waals surface area contributed by atoms with Gasteiger partial charge < -0.3 is 20.0 Å². The van der Waals surface area contributed by atoms with Crippen LogP contribution in [-0.4, -0.2) is 38.0 Å². The van der Waals surface area contributed by atoms with Crippen molar-refractivity contribution in [3.05, 3.63) is 90.3 Å². The molecule has 0 bridgehead atoms. The molecule has 172 valence electrons. The summed E-state index contributed by atoms with van der Waals surface area (Å²) < 4.78 is 19.7. The van der Waals surface area contributed by atoms with E-state index in [0.29, 0.717) is 41.5 Å². The molecule has 0 aliphatic rings. The van der Waals surface area contributed by atoms with Crippen molar-refractivity contribution < 1.29 is 8.81 Å². The number of halogens is 1. The third kappa shape index (κ3) is 5.10. The van der Waals surface area contributed by atoms with Crippen molar-refractivity contribution in [2.75, 3.05) is 18.4 Å². The number of H-pyrrole nitrogens is 1. The number of nitrogens with one attached hydrogen (secondary N) is 3. The Labute approximate surface area is 195 Å². The summed E-state index contributed by atoms with van der Waals surface area (Å²) in [6.45, 7) is 1.71. The lowest BCUT2D eigenvalue weighted by Crippen LogP contribution is -2.20. The molecule has 0 aliphatic heterocycles. The van der Waals surface area contributed by atoms with Gasteiger partial charge in [0, 0.05) is 44.4 Å². The first-order valence-corrected chi connectivity index (χ1v) is 11.1. The Morgan fingerprint density at radius 3 is 2.68 bits per heavy atom. The predicted molar refractivity (Wildman–Crippen MR) is 128 cm³/mol. The number of anilines is 1. The van der Waals surface area contributed by atoms with E-state index in [2.05, 4.69) is 47.7 Å². The molecule has 4 aromatic heterocycles. The molecule has 0 fully saturated rings. The van der Waals surface area contributed by atoms with E-state index in [9.17, 15) is 4.39 Å². The Bertz CT molecular complexity index is 1370. The maximum absolute atomic E-state index is 13.8. The summed E-state index contributed by atoms with van der Waals surface area (Å²) in [4.78, 5) is 20.8. The average Bonchev–Trinajstić information content (AvgIpc) is 3.51. The van der Waals surface area contributed by atoms with Gasteiger partial charge in [0.05, 0.1) is 24.1 Å². The first-order chi connectivity index (χ1) is 16.8. The Balaban J connectivity index is 1.12. The van der Waals surface area contributed by atoms with Gasteiger partial charge in [0.15, 0.2) is 22.8 Å². The van der Waals surface area contributed by atoms with Crippen LogP contribution in [0.3, 0.4) is 0 Å². The van der Waals surface area contributed by atoms with Crippen LogP contribution in [0.25, 0.3) is 22.4 Å². The number of pyridine rings is 2. The van der Waals surface area contributed by atoms with Crippen molar-refractivity contribution in [3.63, 3.8) is 0 Å². The molecule has 0 amide bonds. The highest BCUT2D eigenvalue weighted by Crippen LogP contribution is 2.22. The second kappa shape index (κ2) is 10.2. The number of fused-ring (bicyclic) bond motifs is 1. The zero-order chi connectivity index (χ0) is 23.2. The molecule has 5 aromatic rings. The molecule has 3 N–H and O–H groups in total. The molecule has 0 spiro atoms. The number of aromatic nitrogens is 5. The van der Waals surface area contributed by atoms with Crippen LogP contribution in [0.1, 0.15) is 17.4 Å². The number of aromatic amines is 1. The third-order valence-corrected chi connectivity index (χ3v) is 5.38. The van der Waals surface area contributed by atoms with Gasteiger partial charge in [-0.05, 0) is 17.7 Å². The number of hydrogen-bond acceptors (Lipinski definition) is 7. The number of nitrogens with zero attached hydrogens (tertiary/aromatic N) is 4. The molecule has 0 unspecified atom stereocenters. The Morgan fingerprint density at radius 2 is 1.79 bits per heavy atom. The Kier molecular flexibility index (Phi) is 6.53. The normalized spacial score (nSPS) is 11.2. The molecule has 5 rings (SSSR count). The molecule has 4 heterocycles. The summed E-state index contributed by atoms with van der Waals surface area (Å²) in [6, 6.07) is 14.9. The van der Waals surface area contributed by atoms with Crippen molar-refractivity contribution in [2.45, 2.75) is 19.4 Å². The minimum Gasteiger partial charge on any atom is -0.440 e. The number of benzene rings is 1. The monoisotopic (exact) mass is 457 g/mol. The Hall–Kier alpha value is -4.11. The van der Waals surface area contributed by atoms with Crippen LogP contribution in [0.2, 0.25) is 0 Å². The summed E-state index contributed by atoms with van der Waals surface area (Å²) in [5.74, 6) is 1.74. The van der Waals surface area contributed by atoms with Crippen LogP contribution < -0.4 is 10.6 Å². The fourth-order valence-corrected chi connectivity index (χ4v) is 3.63. The molecule has 0 saturated heterocycles. The van der Waals surface area contributed by atoms with Crippen molar-refractivity contribution in [2.24, 2.45) is 0 Å². The maximum Gasteiger partial charge on any atom is 0.196 e. The summed E-state index contributed by atoms with van der Waals surface area (Å²) >= 11 is 0. The minimum atomic E-state index is -0.361. The Morgan fingerprint density at radius 1 is 0.912 bits per heavy atom. The summed E-state index contributed by atoms with van der Waals surface area (Å²) in [5, 5.41) is 6.51. The lowest BCUT2D eigenvalue weighted by molar-refractivity contribution is 0.514. The zero-order valence-electron chi connectivity index (χ0n) is 18.5. The van der Waals surface area contributed by atoms with Gasteiger partial charge in [-0.2, -0.15) is 0 Å². The van der Waals surface area contributed by atoms with Crippen LogP contribution in [0.4, 0.5) is 10.2 Å². The van der Waals surface area contributed by atoms with Crippen LogP contribution in [0.15, 0.2) is 71.5 Å². The van der Waals surface area contributed by atoms with E-state index >= 15 is 0 Å². The molecule has 0 atom stereocenters. The topological polar surface area (TPSA) is 105 Å². The van der Waals surface area contributed by atoms with Crippen LogP contribution in [-0.2, 0) is 19.4 Å². The molecular formula is C25H24FN7O. The first-order valence-electron chi connectivity index (χ1n) is 11.1. The van der Waals surface area contributed by atoms with Gasteiger partial charge in [0.1, 0.15) is 11.6 Å². The van der Waals surface area contributed by atoms with E-state index in [1.54, 1.807) is 24.5 Å². The van der Waals surface area contributed by atoms with E-state index in [1.165, 1.54) is 6.07 Å². The van der Waals surface area contributed by atoms with Crippen LogP contribution >= 0.6 is 0 Å². The molecule has 9 heteroatoms. The van der Waals surface area contributed by atoms with Gasteiger partial charge in [-0.1, -0.05) is 30.3 Å². The standard InChI is InChI=1S/C25H24FN7O/c26-18-7-4-11-28-20(18)16-31-25-24-21(8-14-29-25)34-23(33-24)10-13-27-12-9-22-30-15-19(32-22)17-5-2-1-3-6-17/h1-8,11,14-15,27H,9-10,12-13,16H2,(H,29,31)(H,30,32). The second-order valence-electron chi connectivity index (χ2n) is 7.76. The van der Waals surface area contributed by atoms with Gasteiger partial charge in [0.25, 0.3) is 0 Å². The summed E-state index contributed by atoms with van der Waals surface area (Å²) in [7, 11) is 0. The predicted octanol–water partition coefficient (Wildman–Crippen LogP) is 4.13. The molecule has 8 nitrogen and oxygen atoms in total. The second-order valence-corrected chi connectivity index (χ2v) is 7.76. The minimum absolute atomic E-state index is 0.210. The van der Waals surface area contributed by atoms with Gasteiger partial charge in [0.2, 0.25) is 0 Å². The number of hydrogen-bond donors (Lipinski definition) is 3. The number of rotatable bonds is 10. The van der Waals surface area contributed by atoms with Crippen LogP contribution in [0, 0.1) is 5.82 Å². The SMILES string of the molecule is Fc1cccnc1CNc1nccc2oc(CCNCCc3ncc(-c4ccccc4)[nH]3)nc12. The number of imidazole rings is 1. The fraction of sp³-hybridized carbons (Fsp3) is 0.200. The van der Waals surface area contributed by atoms with E-state index in [0.717, 1.165) is 30.0 Å². The summed E-state index contributed by atoms with van der Waals surface area (Å²) in [6.07, 6.45) is 6.49. The summed E-state index contributed by atoms with van der Waals surface area (Å²) in [5.41, 5.74) is 3.72.